The third-order valence-electron chi connectivity index (χ3n) is 7.17. The fourth-order valence-electron chi connectivity index (χ4n) is 5.60. The summed E-state index contributed by atoms with van der Waals surface area (Å²) >= 11 is 0. The summed E-state index contributed by atoms with van der Waals surface area (Å²) in [7, 11) is 2.27. The van der Waals surface area contributed by atoms with Gasteiger partial charge in [-0.1, -0.05) is 6.07 Å². The van der Waals surface area contributed by atoms with Crippen molar-refractivity contribution < 1.29 is 0 Å². The molecule has 1 aromatic carbocycles. The molecule has 0 radical (unpaired) electrons. The molecule has 134 valence electrons. The van der Waals surface area contributed by atoms with Gasteiger partial charge in [-0.3, -0.25) is 0 Å². The van der Waals surface area contributed by atoms with Crippen LogP contribution in [-0.4, -0.2) is 53.1 Å². The van der Waals surface area contributed by atoms with Gasteiger partial charge in [-0.2, -0.15) is 0 Å². The maximum atomic E-state index is 2.73. The number of hydrogen-bond donors (Lipinski definition) is 0. The largest absolute Gasteiger partial charge is 0.346 e. The molecule has 0 N–H and O–H groups in total. The Morgan fingerprint density at radius 2 is 1.92 bits per heavy atom. The molecule has 3 fully saturated rings. The molecule has 5 rings (SSSR count). The molecular weight excluding hydrogens is 306 g/mol. The second kappa shape index (κ2) is 6.44. The maximum absolute atomic E-state index is 2.73. The summed E-state index contributed by atoms with van der Waals surface area (Å²) in [5, 5.41) is 1.44. The highest BCUT2D eigenvalue weighted by atomic mass is 15.2. The molecule has 0 bridgehead atoms. The standard InChI is InChI=1S/C22H31N3/c1-23-10-2-5-21(23)16-25-13-9-19-14-17(6-7-22(19)25)18-8-12-24-11-3-4-20(24)15-18/h6-7,9,13-14,18,20-21H,2-5,8,10-12,15-16H2,1H3/t18-,20+,21-/m1/s1. The predicted molar refractivity (Wildman–Crippen MR) is 104 cm³/mol. The van der Waals surface area contributed by atoms with E-state index in [1.165, 1.54) is 69.1 Å². The minimum atomic E-state index is 0.710. The first-order valence-electron chi connectivity index (χ1n) is 10.3. The Kier molecular flexibility index (Phi) is 4.10. The van der Waals surface area contributed by atoms with Gasteiger partial charge in [-0.05, 0) is 100 Å². The van der Waals surface area contributed by atoms with E-state index in [4.69, 9.17) is 0 Å². The molecule has 3 atom stereocenters. The average Bonchev–Trinajstić information content (AvgIpc) is 3.35. The van der Waals surface area contributed by atoms with E-state index in [1.807, 2.05) is 0 Å². The van der Waals surface area contributed by atoms with Gasteiger partial charge < -0.3 is 14.4 Å². The molecule has 3 aliphatic rings. The van der Waals surface area contributed by atoms with Gasteiger partial charge >= 0.3 is 0 Å². The first kappa shape index (κ1) is 15.9. The van der Waals surface area contributed by atoms with Gasteiger partial charge in [0.2, 0.25) is 0 Å². The van der Waals surface area contributed by atoms with Gasteiger partial charge in [-0.25, -0.2) is 0 Å². The highest BCUT2D eigenvalue weighted by Crippen LogP contribution is 2.37. The topological polar surface area (TPSA) is 11.4 Å². The Morgan fingerprint density at radius 1 is 1.00 bits per heavy atom. The smallest absolute Gasteiger partial charge is 0.0480 e. The minimum absolute atomic E-state index is 0.710. The fourth-order valence-corrected chi connectivity index (χ4v) is 5.60. The van der Waals surface area contributed by atoms with E-state index in [0.29, 0.717) is 6.04 Å². The highest BCUT2D eigenvalue weighted by Gasteiger charge is 2.32. The minimum Gasteiger partial charge on any atom is -0.346 e. The Morgan fingerprint density at radius 3 is 2.80 bits per heavy atom. The Labute approximate surface area is 151 Å². The zero-order valence-electron chi connectivity index (χ0n) is 15.5. The number of likely N-dealkylation sites (tertiary alicyclic amines) is 1. The van der Waals surface area contributed by atoms with E-state index in [1.54, 1.807) is 5.56 Å². The first-order valence-corrected chi connectivity index (χ1v) is 10.3. The number of piperidine rings is 1. The lowest BCUT2D eigenvalue weighted by Gasteiger charge is -2.35. The van der Waals surface area contributed by atoms with Crippen LogP contribution in [0.5, 0.6) is 0 Å². The molecule has 2 aromatic rings. The van der Waals surface area contributed by atoms with Crippen LogP contribution >= 0.6 is 0 Å². The second-order valence-electron chi connectivity index (χ2n) is 8.62. The normalized spacial score (nSPS) is 31.0. The monoisotopic (exact) mass is 337 g/mol. The Balaban J connectivity index is 1.36. The van der Waals surface area contributed by atoms with Crippen LogP contribution in [0.25, 0.3) is 10.9 Å². The van der Waals surface area contributed by atoms with Crippen LogP contribution in [0.15, 0.2) is 30.5 Å². The predicted octanol–water partition coefficient (Wildman–Crippen LogP) is 4.08. The van der Waals surface area contributed by atoms with Crippen LogP contribution in [0, 0.1) is 0 Å². The van der Waals surface area contributed by atoms with E-state index in [-0.39, 0.29) is 0 Å². The van der Waals surface area contributed by atoms with E-state index in [2.05, 4.69) is 51.9 Å². The zero-order valence-corrected chi connectivity index (χ0v) is 15.5. The van der Waals surface area contributed by atoms with Gasteiger partial charge in [-0.15, -0.1) is 0 Å². The molecule has 1 aromatic heterocycles. The molecule has 3 aliphatic heterocycles. The summed E-state index contributed by atoms with van der Waals surface area (Å²) in [6.07, 6.45) is 10.5. The highest BCUT2D eigenvalue weighted by molar-refractivity contribution is 5.81. The van der Waals surface area contributed by atoms with E-state index in [0.717, 1.165) is 18.5 Å². The van der Waals surface area contributed by atoms with Crippen LogP contribution in [0.1, 0.15) is 50.0 Å². The number of nitrogens with zero attached hydrogens (tertiary/aromatic N) is 3. The summed E-state index contributed by atoms with van der Waals surface area (Å²) in [4.78, 5) is 5.25. The van der Waals surface area contributed by atoms with E-state index < -0.39 is 0 Å². The number of aromatic nitrogens is 1. The van der Waals surface area contributed by atoms with Gasteiger partial charge in [0.25, 0.3) is 0 Å². The number of hydrogen-bond acceptors (Lipinski definition) is 2. The van der Waals surface area contributed by atoms with Crippen molar-refractivity contribution in [3.8, 4) is 0 Å². The summed E-state index contributed by atoms with van der Waals surface area (Å²) in [5.41, 5.74) is 3.00. The van der Waals surface area contributed by atoms with Crippen molar-refractivity contribution in [3.63, 3.8) is 0 Å². The number of fused-ring (bicyclic) bond motifs is 2. The molecule has 3 heteroatoms. The van der Waals surface area contributed by atoms with Crippen molar-refractivity contribution in [1.82, 2.24) is 14.4 Å². The third kappa shape index (κ3) is 2.92. The molecule has 0 spiro atoms. The Bertz CT molecular complexity index is 749. The molecular formula is C22H31N3. The molecule has 0 saturated carbocycles. The van der Waals surface area contributed by atoms with Crippen LogP contribution in [0.2, 0.25) is 0 Å². The van der Waals surface area contributed by atoms with Crippen molar-refractivity contribution in [3.05, 3.63) is 36.0 Å². The second-order valence-corrected chi connectivity index (χ2v) is 8.62. The lowest BCUT2D eigenvalue weighted by Crippen LogP contribution is -2.37. The number of benzene rings is 1. The summed E-state index contributed by atoms with van der Waals surface area (Å²) in [6, 6.07) is 11.2. The van der Waals surface area contributed by atoms with E-state index >= 15 is 0 Å². The Hall–Kier alpha value is -1.32. The molecule has 0 unspecified atom stereocenters. The number of rotatable bonds is 3. The lowest BCUT2D eigenvalue weighted by atomic mass is 9.85. The van der Waals surface area contributed by atoms with Crippen LogP contribution in [0.3, 0.4) is 0 Å². The molecule has 0 amide bonds. The molecule has 25 heavy (non-hydrogen) atoms. The van der Waals surface area contributed by atoms with Gasteiger partial charge in [0.05, 0.1) is 0 Å². The average molecular weight is 338 g/mol. The quantitative estimate of drug-likeness (QED) is 0.836. The van der Waals surface area contributed by atoms with Crippen molar-refractivity contribution in [2.24, 2.45) is 0 Å². The molecule has 0 aliphatic carbocycles. The van der Waals surface area contributed by atoms with Crippen LogP contribution in [0.4, 0.5) is 0 Å². The van der Waals surface area contributed by atoms with E-state index in [9.17, 15) is 0 Å². The molecule has 4 heterocycles. The third-order valence-corrected chi connectivity index (χ3v) is 7.17. The summed E-state index contributed by atoms with van der Waals surface area (Å²) in [6.45, 7) is 5.05. The first-order chi connectivity index (χ1) is 12.3. The fraction of sp³-hybridized carbons (Fsp3) is 0.636. The van der Waals surface area contributed by atoms with Crippen molar-refractivity contribution in [1.29, 1.82) is 0 Å². The van der Waals surface area contributed by atoms with Gasteiger partial charge in [0.15, 0.2) is 0 Å². The van der Waals surface area contributed by atoms with Crippen molar-refractivity contribution in [2.75, 3.05) is 26.7 Å². The van der Waals surface area contributed by atoms with Gasteiger partial charge in [0.1, 0.15) is 0 Å². The van der Waals surface area contributed by atoms with Crippen LogP contribution in [-0.2, 0) is 6.54 Å². The summed E-state index contributed by atoms with van der Waals surface area (Å²) < 4.78 is 2.48. The molecule has 3 saturated heterocycles. The van der Waals surface area contributed by atoms with Crippen LogP contribution < -0.4 is 0 Å². The lowest BCUT2D eigenvalue weighted by molar-refractivity contribution is 0.181. The zero-order chi connectivity index (χ0) is 16.8. The SMILES string of the molecule is CN1CCC[C@@H]1Cn1ccc2cc([C@@H]3CCN4CCC[C@H]4C3)ccc21. The number of likely N-dealkylation sites (N-methyl/N-ethyl adjacent to an activating group) is 1. The van der Waals surface area contributed by atoms with Crippen molar-refractivity contribution >= 4 is 10.9 Å². The molecule has 3 nitrogen and oxygen atoms in total. The van der Waals surface area contributed by atoms with Gasteiger partial charge in [0, 0.05) is 30.3 Å². The summed E-state index contributed by atoms with van der Waals surface area (Å²) in [5.74, 6) is 0.771. The maximum Gasteiger partial charge on any atom is 0.0480 e. The van der Waals surface area contributed by atoms with Crippen molar-refractivity contribution in [2.45, 2.75) is 63.1 Å².